The maximum absolute atomic E-state index is 4.09. The first-order chi connectivity index (χ1) is 11.4. The van der Waals surface area contributed by atoms with Crippen LogP contribution < -0.4 is 10.6 Å². The van der Waals surface area contributed by atoms with Gasteiger partial charge in [-0.05, 0) is 17.0 Å². The van der Waals surface area contributed by atoms with Crippen LogP contribution in [0.3, 0.4) is 0 Å². The lowest BCUT2D eigenvalue weighted by Crippen LogP contribution is -2.18. The first-order valence-corrected chi connectivity index (χ1v) is 9.97. The minimum atomic E-state index is -0.442. The molecule has 2 aromatic rings. The van der Waals surface area contributed by atoms with Gasteiger partial charge in [0.15, 0.2) is 0 Å². The maximum Gasteiger partial charge on any atom is 0.0481 e. The minimum absolute atomic E-state index is 0.442. The highest BCUT2D eigenvalue weighted by atomic mass is 31.1. The topological polar surface area (TPSA) is 3.01 Å². The van der Waals surface area contributed by atoms with Crippen LogP contribution in [0.25, 0.3) is 0 Å². The van der Waals surface area contributed by atoms with Crippen molar-refractivity contribution in [2.24, 2.45) is 0 Å². The van der Waals surface area contributed by atoms with E-state index < -0.39 is 8.07 Å². The highest BCUT2D eigenvalue weighted by Gasteiger charge is 2.49. The van der Waals surface area contributed by atoms with E-state index in [0.29, 0.717) is 12.1 Å². The minimum Gasteiger partial charge on any atom is -0.261 e. The molecule has 0 amide bonds. The Morgan fingerprint density at radius 3 is 2.00 bits per heavy atom. The molecule has 3 atom stereocenters. The SMILES string of the molecule is C=C[C@H]1[C@H](CCCCC)N1P(c1ccccc1)c1ccccc1. The largest absolute Gasteiger partial charge is 0.261 e. The third-order valence-corrected chi connectivity index (χ3v) is 7.13. The molecule has 1 nitrogen and oxygen atoms in total. The average molecular weight is 323 g/mol. The van der Waals surface area contributed by atoms with Gasteiger partial charge in [0.25, 0.3) is 0 Å². The number of nitrogens with zero attached hydrogens (tertiary/aromatic N) is 1. The van der Waals surface area contributed by atoms with Crippen LogP contribution >= 0.6 is 8.07 Å². The molecule has 0 N–H and O–H groups in total. The molecule has 0 aliphatic carbocycles. The molecule has 0 bridgehead atoms. The van der Waals surface area contributed by atoms with E-state index in [4.69, 9.17) is 0 Å². The van der Waals surface area contributed by atoms with Gasteiger partial charge in [-0.15, -0.1) is 6.58 Å². The Hall–Kier alpha value is -1.43. The molecule has 0 aromatic heterocycles. The van der Waals surface area contributed by atoms with Crippen molar-refractivity contribution in [3.63, 3.8) is 0 Å². The summed E-state index contributed by atoms with van der Waals surface area (Å²) in [4.78, 5) is 0. The second-order valence-corrected chi connectivity index (χ2v) is 8.27. The summed E-state index contributed by atoms with van der Waals surface area (Å²) in [5.74, 6) is 0. The second kappa shape index (κ2) is 7.90. The van der Waals surface area contributed by atoms with Gasteiger partial charge in [0.1, 0.15) is 0 Å². The number of benzene rings is 2. The van der Waals surface area contributed by atoms with Crippen molar-refractivity contribution in [3.8, 4) is 0 Å². The summed E-state index contributed by atoms with van der Waals surface area (Å²) in [6, 6.07) is 23.2. The van der Waals surface area contributed by atoms with Gasteiger partial charge in [0, 0.05) is 20.2 Å². The molecular weight excluding hydrogens is 297 g/mol. The molecule has 23 heavy (non-hydrogen) atoms. The fraction of sp³-hybridized carbons (Fsp3) is 0.333. The predicted molar refractivity (Wildman–Crippen MR) is 103 cm³/mol. The molecule has 1 aliphatic rings. The first-order valence-electron chi connectivity index (χ1n) is 8.68. The summed E-state index contributed by atoms with van der Waals surface area (Å²) < 4.78 is 2.70. The van der Waals surface area contributed by atoms with Gasteiger partial charge in [-0.3, -0.25) is 4.67 Å². The molecule has 3 rings (SSSR count). The zero-order valence-electron chi connectivity index (χ0n) is 13.9. The Bertz CT molecular complexity index is 571. The van der Waals surface area contributed by atoms with E-state index in [2.05, 4.69) is 84.9 Å². The van der Waals surface area contributed by atoms with Crippen LogP contribution in [0.2, 0.25) is 0 Å². The van der Waals surface area contributed by atoms with E-state index in [9.17, 15) is 0 Å². The molecule has 2 heteroatoms. The molecule has 1 unspecified atom stereocenters. The summed E-state index contributed by atoms with van der Waals surface area (Å²) in [6.07, 6.45) is 7.40. The number of hydrogen-bond acceptors (Lipinski definition) is 1. The Labute approximate surface area is 141 Å². The normalized spacial score (nSPS) is 23.0. The van der Waals surface area contributed by atoms with Crippen LogP contribution in [0.4, 0.5) is 0 Å². The fourth-order valence-electron chi connectivity index (χ4n) is 3.29. The van der Waals surface area contributed by atoms with Crippen LogP contribution in [-0.4, -0.2) is 16.8 Å². The number of hydrogen-bond donors (Lipinski definition) is 0. The van der Waals surface area contributed by atoms with Crippen LogP contribution in [0, 0.1) is 0 Å². The standard InChI is InChI=1S/C21H26NP/c1-3-5-8-17-21-20(4-2)22(21)23(18-13-9-6-10-14-18)19-15-11-7-12-16-19/h4,6-7,9-16,20-21H,2-3,5,8,17H2,1H3/t20-,21-,22?/m0/s1. The third kappa shape index (κ3) is 3.74. The summed E-state index contributed by atoms with van der Waals surface area (Å²) >= 11 is 0. The summed E-state index contributed by atoms with van der Waals surface area (Å²) in [6.45, 7) is 6.36. The van der Waals surface area contributed by atoms with Gasteiger partial charge < -0.3 is 0 Å². The highest BCUT2D eigenvalue weighted by molar-refractivity contribution is 7.71. The monoisotopic (exact) mass is 323 g/mol. The third-order valence-electron chi connectivity index (χ3n) is 4.53. The maximum atomic E-state index is 4.09. The fourth-order valence-corrected chi connectivity index (χ4v) is 6.04. The van der Waals surface area contributed by atoms with Crippen molar-refractivity contribution in [1.82, 2.24) is 4.67 Å². The molecule has 1 heterocycles. The van der Waals surface area contributed by atoms with Crippen LogP contribution in [0.1, 0.15) is 32.6 Å². The molecule has 0 radical (unpaired) electrons. The van der Waals surface area contributed by atoms with E-state index >= 15 is 0 Å². The smallest absolute Gasteiger partial charge is 0.0481 e. The lowest BCUT2D eigenvalue weighted by Gasteiger charge is -2.21. The van der Waals surface area contributed by atoms with Crippen molar-refractivity contribution in [2.75, 3.05) is 0 Å². The molecule has 1 fully saturated rings. The molecule has 120 valence electrons. The molecule has 2 aromatic carbocycles. The van der Waals surface area contributed by atoms with Crippen molar-refractivity contribution >= 4 is 18.7 Å². The summed E-state index contributed by atoms with van der Waals surface area (Å²) in [5.41, 5.74) is 0. The van der Waals surface area contributed by atoms with E-state index in [-0.39, 0.29) is 0 Å². The summed E-state index contributed by atoms with van der Waals surface area (Å²) in [5, 5.41) is 2.89. The average Bonchev–Trinajstić information content (AvgIpc) is 3.30. The molecular formula is C21H26NP. The quantitative estimate of drug-likeness (QED) is 0.290. The molecule has 1 aliphatic heterocycles. The number of rotatable bonds is 8. The lowest BCUT2D eigenvalue weighted by atomic mass is 10.1. The van der Waals surface area contributed by atoms with Gasteiger partial charge in [0.2, 0.25) is 0 Å². The van der Waals surface area contributed by atoms with Crippen molar-refractivity contribution < 1.29 is 0 Å². The zero-order valence-corrected chi connectivity index (χ0v) is 14.8. The molecule has 0 spiro atoms. The van der Waals surface area contributed by atoms with E-state index in [0.717, 1.165) is 0 Å². The van der Waals surface area contributed by atoms with E-state index in [1.165, 1.54) is 36.3 Å². The molecule has 1 saturated heterocycles. The summed E-state index contributed by atoms with van der Waals surface area (Å²) in [7, 11) is -0.442. The van der Waals surface area contributed by atoms with E-state index in [1.54, 1.807) is 0 Å². The lowest BCUT2D eigenvalue weighted by molar-refractivity contribution is 0.625. The van der Waals surface area contributed by atoms with Crippen molar-refractivity contribution in [2.45, 2.75) is 44.7 Å². The number of unbranched alkanes of at least 4 members (excludes halogenated alkanes) is 2. The van der Waals surface area contributed by atoms with Gasteiger partial charge >= 0.3 is 0 Å². The van der Waals surface area contributed by atoms with Gasteiger partial charge in [-0.2, -0.15) is 0 Å². The van der Waals surface area contributed by atoms with E-state index in [1.807, 2.05) is 0 Å². The van der Waals surface area contributed by atoms with Gasteiger partial charge in [-0.25, -0.2) is 0 Å². The second-order valence-electron chi connectivity index (χ2n) is 6.15. The van der Waals surface area contributed by atoms with Crippen molar-refractivity contribution in [1.29, 1.82) is 0 Å². The van der Waals surface area contributed by atoms with Crippen LogP contribution in [0.5, 0.6) is 0 Å². The first kappa shape index (κ1) is 16.4. The van der Waals surface area contributed by atoms with Gasteiger partial charge in [-0.1, -0.05) is 92.9 Å². The Kier molecular flexibility index (Phi) is 5.65. The Balaban J connectivity index is 1.86. The zero-order chi connectivity index (χ0) is 16.1. The highest BCUT2D eigenvalue weighted by Crippen LogP contribution is 2.53. The molecule has 0 saturated carbocycles. The Morgan fingerprint density at radius 1 is 0.957 bits per heavy atom. The predicted octanol–water partition coefficient (Wildman–Crippen LogP) is 4.85. The van der Waals surface area contributed by atoms with Crippen molar-refractivity contribution in [3.05, 3.63) is 73.3 Å². The Morgan fingerprint density at radius 2 is 1.52 bits per heavy atom. The van der Waals surface area contributed by atoms with Crippen LogP contribution in [-0.2, 0) is 0 Å². The van der Waals surface area contributed by atoms with Crippen LogP contribution in [0.15, 0.2) is 73.3 Å². The van der Waals surface area contributed by atoms with Gasteiger partial charge in [0.05, 0.1) is 0 Å².